The zero-order chi connectivity index (χ0) is 12.3. The molecule has 0 aromatic heterocycles. The van der Waals surface area contributed by atoms with E-state index in [1.165, 1.54) is 0 Å². The highest BCUT2D eigenvalue weighted by atomic mass is 16.2. The first kappa shape index (κ1) is 11.6. The fourth-order valence-electron chi connectivity index (χ4n) is 1.53. The molecule has 1 fully saturated rings. The van der Waals surface area contributed by atoms with E-state index >= 15 is 0 Å². The van der Waals surface area contributed by atoms with Crippen LogP contribution in [0.25, 0.3) is 0 Å². The Morgan fingerprint density at radius 1 is 1.29 bits per heavy atom. The lowest BCUT2D eigenvalue weighted by Crippen LogP contribution is -2.30. The summed E-state index contributed by atoms with van der Waals surface area (Å²) in [5, 5.41) is 5.77. The van der Waals surface area contributed by atoms with Gasteiger partial charge >= 0.3 is 0 Å². The molecule has 90 valence electrons. The molecule has 1 saturated carbocycles. The number of amides is 2. The van der Waals surface area contributed by atoms with Gasteiger partial charge < -0.3 is 16.4 Å². The Morgan fingerprint density at radius 3 is 2.65 bits per heavy atom. The highest BCUT2D eigenvalue weighted by molar-refractivity contribution is 6.03. The van der Waals surface area contributed by atoms with Gasteiger partial charge in [0.25, 0.3) is 5.91 Å². The third-order valence-electron chi connectivity index (χ3n) is 2.60. The van der Waals surface area contributed by atoms with Gasteiger partial charge in [-0.05, 0) is 25.0 Å². The molecule has 1 aliphatic carbocycles. The average Bonchev–Trinajstić information content (AvgIpc) is 3.10. The first-order chi connectivity index (χ1) is 8.16. The van der Waals surface area contributed by atoms with Gasteiger partial charge in [-0.1, -0.05) is 12.1 Å². The summed E-state index contributed by atoms with van der Waals surface area (Å²) in [7, 11) is 0. The quantitative estimate of drug-likeness (QED) is 0.691. The molecule has 1 aromatic carbocycles. The van der Waals surface area contributed by atoms with Crippen LogP contribution in [0.2, 0.25) is 0 Å². The van der Waals surface area contributed by atoms with Crippen LogP contribution in [0.1, 0.15) is 23.2 Å². The van der Waals surface area contributed by atoms with Crippen LogP contribution in [0.4, 0.5) is 5.69 Å². The maximum Gasteiger partial charge on any atom is 0.250 e. The molecule has 0 saturated heterocycles. The second-order valence-electron chi connectivity index (χ2n) is 4.11. The van der Waals surface area contributed by atoms with E-state index in [1.807, 2.05) is 0 Å². The Bertz CT molecular complexity index is 441. The minimum Gasteiger partial charge on any atom is -0.366 e. The van der Waals surface area contributed by atoms with Crippen molar-refractivity contribution in [3.63, 3.8) is 0 Å². The van der Waals surface area contributed by atoms with Gasteiger partial charge in [-0.2, -0.15) is 0 Å². The highest BCUT2D eigenvalue weighted by Crippen LogP contribution is 2.18. The van der Waals surface area contributed by atoms with Crippen molar-refractivity contribution in [3.8, 4) is 0 Å². The fraction of sp³-hybridized carbons (Fsp3) is 0.333. The second-order valence-corrected chi connectivity index (χ2v) is 4.11. The van der Waals surface area contributed by atoms with Crippen molar-refractivity contribution in [2.75, 3.05) is 11.9 Å². The second kappa shape index (κ2) is 4.97. The van der Waals surface area contributed by atoms with Crippen LogP contribution < -0.4 is 16.4 Å². The molecule has 0 unspecified atom stereocenters. The molecule has 4 N–H and O–H groups in total. The number of hydrogen-bond acceptors (Lipinski definition) is 3. The lowest BCUT2D eigenvalue weighted by atomic mass is 10.1. The summed E-state index contributed by atoms with van der Waals surface area (Å²) in [5.74, 6) is -0.707. The van der Waals surface area contributed by atoms with E-state index in [0.29, 0.717) is 17.3 Å². The van der Waals surface area contributed by atoms with Crippen molar-refractivity contribution in [3.05, 3.63) is 29.8 Å². The van der Waals surface area contributed by atoms with Crippen LogP contribution in [0.5, 0.6) is 0 Å². The van der Waals surface area contributed by atoms with E-state index < -0.39 is 5.91 Å². The molecule has 17 heavy (non-hydrogen) atoms. The highest BCUT2D eigenvalue weighted by Gasteiger charge is 2.21. The number of carbonyl (C=O) groups excluding carboxylic acids is 2. The first-order valence-electron chi connectivity index (χ1n) is 5.59. The molecule has 0 bridgehead atoms. The predicted octanol–water partition coefficient (Wildman–Crippen LogP) is 0.476. The van der Waals surface area contributed by atoms with Gasteiger partial charge in [0.1, 0.15) is 0 Å². The van der Waals surface area contributed by atoms with Crippen LogP contribution >= 0.6 is 0 Å². The molecular formula is C12H15N3O2. The van der Waals surface area contributed by atoms with Gasteiger partial charge in [-0.25, -0.2) is 0 Å². The number of carbonyl (C=O) groups is 2. The van der Waals surface area contributed by atoms with Gasteiger partial charge in [0.2, 0.25) is 5.91 Å². The molecule has 5 nitrogen and oxygen atoms in total. The average molecular weight is 233 g/mol. The minimum atomic E-state index is -0.545. The Morgan fingerprint density at radius 2 is 2.00 bits per heavy atom. The topological polar surface area (TPSA) is 84.2 Å². The van der Waals surface area contributed by atoms with Crippen LogP contribution in [0.15, 0.2) is 24.3 Å². The van der Waals surface area contributed by atoms with E-state index in [4.69, 9.17) is 5.73 Å². The maximum absolute atomic E-state index is 11.6. The van der Waals surface area contributed by atoms with E-state index in [0.717, 1.165) is 12.8 Å². The number of benzene rings is 1. The molecule has 0 heterocycles. The number of nitrogens with one attached hydrogen (secondary N) is 2. The van der Waals surface area contributed by atoms with Crippen molar-refractivity contribution >= 4 is 17.5 Å². The summed E-state index contributed by atoms with van der Waals surface area (Å²) >= 11 is 0. The monoisotopic (exact) mass is 233 g/mol. The number of anilines is 1. The number of para-hydroxylation sites is 1. The summed E-state index contributed by atoms with van der Waals surface area (Å²) in [4.78, 5) is 22.7. The van der Waals surface area contributed by atoms with E-state index in [2.05, 4.69) is 10.6 Å². The minimum absolute atomic E-state index is 0.161. The van der Waals surface area contributed by atoms with Gasteiger partial charge in [-0.3, -0.25) is 9.59 Å². The Hall–Kier alpha value is -1.88. The summed E-state index contributed by atoms with van der Waals surface area (Å²) in [6, 6.07) is 7.18. The SMILES string of the molecule is NC(=O)c1ccccc1NC(=O)CNC1CC1. The first-order valence-corrected chi connectivity index (χ1v) is 5.59. The van der Waals surface area contributed by atoms with E-state index in [9.17, 15) is 9.59 Å². The molecule has 0 aliphatic heterocycles. The van der Waals surface area contributed by atoms with Crippen LogP contribution in [-0.4, -0.2) is 24.4 Å². The summed E-state index contributed by atoms with van der Waals surface area (Å²) < 4.78 is 0. The zero-order valence-electron chi connectivity index (χ0n) is 9.40. The summed E-state index contributed by atoms with van der Waals surface area (Å²) in [6.45, 7) is 0.262. The Labute approximate surface area is 99.4 Å². The van der Waals surface area contributed by atoms with Crippen LogP contribution in [-0.2, 0) is 4.79 Å². The number of nitrogens with two attached hydrogens (primary N) is 1. The largest absolute Gasteiger partial charge is 0.366 e. The standard InChI is InChI=1S/C12H15N3O2/c13-12(17)9-3-1-2-4-10(9)15-11(16)7-14-8-5-6-8/h1-4,8,14H,5-7H2,(H2,13,17)(H,15,16). The molecule has 0 spiro atoms. The van der Waals surface area contributed by atoms with Crippen LogP contribution in [0.3, 0.4) is 0 Å². The van der Waals surface area contributed by atoms with Crippen molar-refractivity contribution < 1.29 is 9.59 Å². The molecule has 0 radical (unpaired) electrons. The molecule has 5 heteroatoms. The van der Waals surface area contributed by atoms with Gasteiger partial charge in [-0.15, -0.1) is 0 Å². The molecule has 2 amide bonds. The normalized spacial score (nSPS) is 14.4. The molecule has 1 aliphatic rings. The fourth-order valence-corrected chi connectivity index (χ4v) is 1.53. The molecule has 0 atom stereocenters. The van der Waals surface area contributed by atoms with Crippen molar-refractivity contribution in [1.82, 2.24) is 5.32 Å². The Balaban J connectivity index is 1.96. The lowest BCUT2D eigenvalue weighted by Gasteiger charge is -2.08. The van der Waals surface area contributed by atoms with Gasteiger partial charge in [0.15, 0.2) is 0 Å². The predicted molar refractivity (Wildman–Crippen MR) is 64.6 cm³/mol. The van der Waals surface area contributed by atoms with Crippen molar-refractivity contribution in [2.24, 2.45) is 5.73 Å². The lowest BCUT2D eigenvalue weighted by molar-refractivity contribution is -0.115. The van der Waals surface area contributed by atoms with E-state index in [-0.39, 0.29) is 12.5 Å². The number of hydrogen-bond donors (Lipinski definition) is 3. The molecular weight excluding hydrogens is 218 g/mol. The van der Waals surface area contributed by atoms with Crippen molar-refractivity contribution in [2.45, 2.75) is 18.9 Å². The molecule has 1 aromatic rings. The number of primary amides is 1. The summed E-state index contributed by atoms with van der Waals surface area (Å²) in [5.41, 5.74) is 6.00. The van der Waals surface area contributed by atoms with Crippen molar-refractivity contribution in [1.29, 1.82) is 0 Å². The third kappa shape index (κ3) is 3.29. The Kier molecular flexibility index (Phi) is 3.39. The van der Waals surface area contributed by atoms with Gasteiger partial charge in [0, 0.05) is 6.04 Å². The smallest absolute Gasteiger partial charge is 0.250 e. The molecule has 2 rings (SSSR count). The maximum atomic E-state index is 11.6. The van der Waals surface area contributed by atoms with Crippen LogP contribution in [0, 0.1) is 0 Å². The summed E-state index contributed by atoms with van der Waals surface area (Å²) in [6.07, 6.45) is 2.26. The number of rotatable bonds is 5. The third-order valence-corrected chi connectivity index (χ3v) is 2.60. The van der Waals surface area contributed by atoms with E-state index in [1.54, 1.807) is 24.3 Å². The zero-order valence-corrected chi connectivity index (χ0v) is 9.40. The van der Waals surface area contributed by atoms with Gasteiger partial charge in [0.05, 0.1) is 17.8 Å².